The number of nitrogen functional groups attached to an aromatic ring is 1. The van der Waals surface area contributed by atoms with E-state index in [-0.39, 0.29) is 0 Å². The number of hydrogen-bond acceptors (Lipinski definition) is 3. The molecular formula is C8H10N4. The van der Waals surface area contributed by atoms with Gasteiger partial charge >= 0.3 is 0 Å². The summed E-state index contributed by atoms with van der Waals surface area (Å²) in [7, 11) is 1.89. The average Bonchev–Trinajstić information content (AvgIpc) is 2.31. The molecule has 0 aromatic carbocycles. The van der Waals surface area contributed by atoms with Crippen LogP contribution >= 0.6 is 0 Å². The van der Waals surface area contributed by atoms with Gasteiger partial charge in [-0.2, -0.15) is 0 Å². The summed E-state index contributed by atoms with van der Waals surface area (Å²) < 4.78 is 1.85. The number of imidazole rings is 1. The van der Waals surface area contributed by atoms with Crippen molar-refractivity contribution in [3.05, 3.63) is 18.0 Å². The first-order valence-corrected chi connectivity index (χ1v) is 3.73. The Hall–Kier alpha value is -1.58. The van der Waals surface area contributed by atoms with Gasteiger partial charge in [-0.05, 0) is 13.0 Å². The van der Waals surface area contributed by atoms with Crippen LogP contribution in [-0.4, -0.2) is 14.5 Å². The minimum absolute atomic E-state index is 0.525. The van der Waals surface area contributed by atoms with Crippen LogP contribution in [0.2, 0.25) is 0 Å². The van der Waals surface area contributed by atoms with E-state index in [1.165, 1.54) is 0 Å². The van der Waals surface area contributed by atoms with Crippen LogP contribution in [0.3, 0.4) is 0 Å². The molecule has 0 atom stereocenters. The van der Waals surface area contributed by atoms with Gasteiger partial charge in [-0.3, -0.25) is 4.98 Å². The predicted octanol–water partition coefficient (Wildman–Crippen LogP) is 0.859. The van der Waals surface area contributed by atoms with Crippen molar-refractivity contribution >= 4 is 17.0 Å². The molecule has 2 aromatic heterocycles. The normalized spacial score (nSPS) is 10.8. The minimum atomic E-state index is 0.525. The maximum atomic E-state index is 5.63. The van der Waals surface area contributed by atoms with Crippen LogP contribution in [0.25, 0.3) is 11.0 Å². The van der Waals surface area contributed by atoms with Gasteiger partial charge in [0.15, 0.2) is 0 Å². The fourth-order valence-corrected chi connectivity index (χ4v) is 1.21. The van der Waals surface area contributed by atoms with Gasteiger partial charge in [-0.15, -0.1) is 0 Å². The monoisotopic (exact) mass is 162 g/mol. The Morgan fingerprint density at radius 3 is 3.00 bits per heavy atom. The number of nitrogens with two attached hydrogens (primary N) is 1. The van der Waals surface area contributed by atoms with Gasteiger partial charge in [-0.1, -0.05) is 0 Å². The largest absolute Gasteiger partial charge is 0.369 e. The molecule has 62 valence electrons. The molecule has 0 bridgehead atoms. The number of nitrogens with zero attached hydrogens (tertiary/aromatic N) is 3. The maximum Gasteiger partial charge on any atom is 0.200 e. The number of aryl methyl sites for hydroxylation is 2. The standard InChI is InChI=1S/C8H10N4/c1-5-3-7-6(4-10-5)11-8(9)12(7)2/h3-4H,1-2H3,(H2,9,11). The zero-order valence-corrected chi connectivity index (χ0v) is 7.07. The lowest BCUT2D eigenvalue weighted by Crippen LogP contribution is -1.96. The summed E-state index contributed by atoms with van der Waals surface area (Å²) >= 11 is 0. The Morgan fingerprint density at radius 1 is 1.50 bits per heavy atom. The number of hydrogen-bond donors (Lipinski definition) is 1. The molecule has 0 saturated heterocycles. The van der Waals surface area contributed by atoms with Crippen molar-refractivity contribution in [3.63, 3.8) is 0 Å². The number of rotatable bonds is 0. The second-order valence-corrected chi connectivity index (χ2v) is 2.84. The smallest absolute Gasteiger partial charge is 0.200 e. The molecule has 0 aliphatic carbocycles. The molecule has 12 heavy (non-hydrogen) atoms. The highest BCUT2D eigenvalue weighted by atomic mass is 15.1. The summed E-state index contributed by atoms with van der Waals surface area (Å²) in [4.78, 5) is 8.26. The van der Waals surface area contributed by atoms with Crippen molar-refractivity contribution in [1.82, 2.24) is 14.5 Å². The summed E-state index contributed by atoms with van der Waals surface area (Å²) in [5.41, 5.74) is 8.48. The van der Waals surface area contributed by atoms with Gasteiger partial charge in [-0.25, -0.2) is 4.98 Å². The van der Waals surface area contributed by atoms with Gasteiger partial charge in [0, 0.05) is 12.7 Å². The van der Waals surface area contributed by atoms with Crippen molar-refractivity contribution in [2.45, 2.75) is 6.92 Å². The van der Waals surface area contributed by atoms with Crippen molar-refractivity contribution in [2.24, 2.45) is 7.05 Å². The average molecular weight is 162 g/mol. The fraction of sp³-hybridized carbons (Fsp3) is 0.250. The van der Waals surface area contributed by atoms with Crippen LogP contribution in [0.15, 0.2) is 12.3 Å². The van der Waals surface area contributed by atoms with Gasteiger partial charge < -0.3 is 10.3 Å². The van der Waals surface area contributed by atoms with Gasteiger partial charge in [0.25, 0.3) is 0 Å². The molecule has 0 unspecified atom stereocenters. The van der Waals surface area contributed by atoms with E-state index < -0.39 is 0 Å². The zero-order valence-electron chi connectivity index (χ0n) is 7.07. The Bertz CT molecular complexity index is 430. The van der Waals surface area contributed by atoms with Gasteiger partial charge in [0.1, 0.15) is 5.52 Å². The lowest BCUT2D eigenvalue weighted by Gasteiger charge is -1.95. The Labute approximate surface area is 70.0 Å². The third-order valence-electron chi connectivity index (χ3n) is 1.94. The molecular weight excluding hydrogens is 152 g/mol. The summed E-state index contributed by atoms with van der Waals surface area (Å²) in [5, 5.41) is 0. The molecule has 4 heteroatoms. The molecule has 4 nitrogen and oxygen atoms in total. The van der Waals surface area contributed by atoms with Crippen LogP contribution in [-0.2, 0) is 7.05 Å². The van der Waals surface area contributed by atoms with Crippen molar-refractivity contribution < 1.29 is 0 Å². The van der Waals surface area contributed by atoms with E-state index >= 15 is 0 Å². The second-order valence-electron chi connectivity index (χ2n) is 2.84. The van der Waals surface area contributed by atoms with E-state index in [1.807, 2.05) is 24.6 Å². The highest BCUT2D eigenvalue weighted by Crippen LogP contribution is 2.15. The lowest BCUT2D eigenvalue weighted by atomic mass is 10.3. The fourth-order valence-electron chi connectivity index (χ4n) is 1.21. The van der Waals surface area contributed by atoms with E-state index in [2.05, 4.69) is 9.97 Å². The van der Waals surface area contributed by atoms with E-state index in [0.717, 1.165) is 16.7 Å². The van der Waals surface area contributed by atoms with Crippen molar-refractivity contribution in [3.8, 4) is 0 Å². The minimum Gasteiger partial charge on any atom is -0.369 e. The highest BCUT2D eigenvalue weighted by Gasteiger charge is 2.03. The topological polar surface area (TPSA) is 56.7 Å². The molecule has 0 amide bonds. The van der Waals surface area contributed by atoms with Gasteiger partial charge in [0.2, 0.25) is 5.95 Å². The van der Waals surface area contributed by atoms with Crippen LogP contribution < -0.4 is 5.73 Å². The van der Waals surface area contributed by atoms with Crippen LogP contribution in [0.4, 0.5) is 5.95 Å². The summed E-state index contributed by atoms with van der Waals surface area (Å²) in [6.45, 7) is 1.95. The molecule has 2 heterocycles. The molecule has 0 aliphatic rings. The molecule has 0 radical (unpaired) electrons. The first-order valence-electron chi connectivity index (χ1n) is 3.73. The van der Waals surface area contributed by atoms with Crippen LogP contribution in [0.5, 0.6) is 0 Å². The predicted molar refractivity (Wildman–Crippen MR) is 47.7 cm³/mol. The molecule has 0 fully saturated rings. The van der Waals surface area contributed by atoms with E-state index in [0.29, 0.717) is 5.95 Å². The third-order valence-corrected chi connectivity index (χ3v) is 1.94. The Kier molecular flexibility index (Phi) is 1.30. The quantitative estimate of drug-likeness (QED) is 0.625. The number of aromatic nitrogens is 3. The van der Waals surface area contributed by atoms with Crippen molar-refractivity contribution in [1.29, 1.82) is 0 Å². The highest BCUT2D eigenvalue weighted by molar-refractivity contribution is 5.77. The molecule has 2 N–H and O–H groups in total. The third kappa shape index (κ3) is 0.845. The molecule has 2 aromatic rings. The maximum absolute atomic E-state index is 5.63. The Morgan fingerprint density at radius 2 is 2.25 bits per heavy atom. The van der Waals surface area contributed by atoms with E-state index in [9.17, 15) is 0 Å². The van der Waals surface area contributed by atoms with E-state index in [4.69, 9.17) is 5.73 Å². The second kappa shape index (κ2) is 2.20. The van der Waals surface area contributed by atoms with Crippen molar-refractivity contribution in [2.75, 3.05) is 5.73 Å². The first kappa shape index (κ1) is 7.09. The Balaban J connectivity index is 2.88. The number of anilines is 1. The van der Waals surface area contributed by atoms with Crippen LogP contribution in [0.1, 0.15) is 5.69 Å². The molecule has 0 aliphatic heterocycles. The molecule has 2 rings (SSSR count). The summed E-state index contributed by atoms with van der Waals surface area (Å²) in [5.74, 6) is 0.525. The van der Waals surface area contributed by atoms with Gasteiger partial charge in [0.05, 0.1) is 11.7 Å². The number of pyridine rings is 1. The molecule has 0 spiro atoms. The SMILES string of the molecule is Cc1cc2c(cn1)nc(N)n2C. The number of fused-ring (bicyclic) bond motifs is 1. The zero-order chi connectivity index (χ0) is 8.72. The molecule has 0 saturated carbocycles. The summed E-state index contributed by atoms with van der Waals surface area (Å²) in [6, 6.07) is 1.97. The lowest BCUT2D eigenvalue weighted by molar-refractivity contribution is 0.963. The summed E-state index contributed by atoms with van der Waals surface area (Å²) in [6.07, 6.45) is 1.74. The van der Waals surface area contributed by atoms with Crippen LogP contribution in [0, 0.1) is 6.92 Å². The first-order chi connectivity index (χ1) is 5.68. The van der Waals surface area contributed by atoms with E-state index in [1.54, 1.807) is 6.20 Å².